The van der Waals surface area contributed by atoms with E-state index in [0.29, 0.717) is 23.8 Å². The summed E-state index contributed by atoms with van der Waals surface area (Å²) in [6, 6.07) is 15.6. The molecule has 0 aliphatic rings. The van der Waals surface area contributed by atoms with E-state index in [1.54, 1.807) is 13.2 Å². The third-order valence-corrected chi connectivity index (χ3v) is 4.52. The number of unbranched alkanes of at least 4 members (excludes halogenated alkanes) is 3. The van der Waals surface area contributed by atoms with Crippen LogP contribution >= 0.6 is 0 Å². The van der Waals surface area contributed by atoms with Crippen molar-refractivity contribution in [2.24, 2.45) is 0 Å². The maximum atomic E-state index is 9.60. The Labute approximate surface area is 165 Å². The minimum atomic E-state index is 0.464. The zero-order valence-corrected chi connectivity index (χ0v) is 16.4. The Morgan fingerprint density at radius 2 is 2.00 bits per heavy atom. The number of methoxy groups -OCH3 is 1. The number of H-pyrrole nitrogens is 1. The number of rotatable bonds is 9. The molecular weight excluding hydrogens is 350 g/mol. The van der Waals surface area contributed by atoms with Crippen LogP contribution in [-0.2, 0) is 0 Å². The Balaban J connectivity index is 1.79. The standard InChI is InChI=1S/C23H25N3O2/c1-3-4-5-8-13-28-21-12-11-17(15-22(21)27-2)14-18(16-24)23-25-19-9-6-7-10-20(19)26-23/h6-7,9-12,14-15H,3-5,8,13H2,1-2H3,(H,25,26)/b18-14-. The van der Waals surface area contributed by atoms with Crippen molar-refractivity contribution in [2.45, 2.75) is 32.6 Å². The van der Waals surface area contributed by atoms with Crippen molar-refractivity contribution in [3.63, 3.8) is 0 Å². The van der Waals surface area contributed by atoms with Crippen molar-refractivity contribution >= 4 is 22.7 Å². The minimum absolute atomic E-state index is 0.464. The van der Waals surface area contributed by atoms with Gasteiger partial charge in [-0.25, -0.2) is 4.98 Å². The first-order valence-electron chi connectivity index (χ1n) is 9.63. The van der Waals surface area contributed by atoms with Crippen LogP contribution in [0.3, 0.4) is 0 Å². The van der Waals surface area contributed by atoms with Gasteiger partial charge in [0.15, 0.2) is 11.5 Å². The summed E-state index contributed by atoms with van der Waals surface area (Å²) in [7, 11) is 1.62. The van der Waals surface area contributed by atoms with Crippen LogP contribution in [0.2, 0.25) is 0 Å². The monoisotopic (exact) mass is 375 g/mol. The molecule has 0 bridgehead atoms. The lowest BCUT2D eigenvalue weighted by Gasteiger charge is -2.11. The highest BCUT2D eigenvalue weighted by atomic mass is 16.5. The number of para-hydroxylation sites is 2. The topological polar surface area (TPSA) is 70.9 Å². The smallest absolute Gasteiger partial charge is 0.161 e. The molecule has 0 amide bonds. The molecule has 0 radical (unpaired) electrons. The van der Waals surface area contributed by atoms with Crippen LogP contribution in [0.5, 0.6) is 11.5 Å². The summed E-state index contributed by atoms with van der Waals surface area (Å²) in [5.74, 6) is 1.93. The van der Waals surface area contributed by atoms with Gasteiger partial charge in [-0.05, 0) is 42.3 Å². The van der Waals surface area contributed by atoms with Crippen molar-refractivity contribution in [3.05, 3.63) is 53.9 Å². The van der Waals surface area contributed by atoms with Crippen LogP contribution in [0.15, 0.2) is 42.5 Å². The largest absolute Gasteiger partial charge is 0.493 e. The number of aromatic nitrogens is 2. The average Bonchev–Trinajstić information content (AvgIpc) is 3.16. The number of hydrogen-bond acceptors (Lipinski definition) is 4. The normalized spacial score (nSPS) is 11.4. The summed E-state index contributed by atoms with van der Waals surface area (Å²) in [5, 5.41) is 9.60. The van der Waals surface area contributed by atoms with Crippen molar-refractivity contribution in [1.29, 1.82) is 5.26 Å². The lowest BCUT2D eigenvalue weighted by atomic mass is 10.1. The number of fused-ring (bicyclic) bond motifs is 1. The summed E-state index contributed by atoms with van der Waals surface area (Å²) in [5.41, 5.74) is 3.06. The van der Waals surface area contributed by atoms with Crippen LogP contribution < -0.4 is 9.47 Å². The number of hydrogen-bond donors (Lipinski definition) is 1. The number of nitrogens with one attached hydrogen (secondary N) is 1. The second-order valence-corrected chi connectivity index (χ2v) is 6.59. The van der Waals surface area contributed by atoms with Gasteiger partial charge in [0, 0.05) is 0 Å². The van der Waals surface area contributed by atoms with Crippen LogP contribution in [0.25, 0.3) is 22.7 Å². The van der Waals surface area contributed by atoms with Crippen molar-refractivity contribution in [1.82, 2.24) is 9.97 Å². The summed E-state index contributed by atoms with van der Waals surface area (Å²) in [6.07, 6.45) is 6.43. The minimum Gasteiger partial charge on any atom is -0.493 e. The molecule has 0 saturated carbocycles. The van der Waals surface area contributed by atoms with E-state index in [9.17, 15) is 5.26 Å². The Bertz CT molecular complexity index is 965. The highest BCUT2D eigenvalue weighted by Gasteiger charge is 2.10. The van der Waals surface area contributed by atoms with Gasteiger partial charge in [-0.2, -0.15) is 5.26 Å². The Hall–Kier alpha value is -3.26. The fraction of sp³-hybridized carbons (Fsp3) is 0.304. The van der Waals surface area contributed by atoms with Gasteiger partial charge >= 0.3 is 0 Å². The first kappa shape index (κ1) is 19.5. The maximum Gasteiger partial charge on any atom is 0.161 e. The summed E-state index contributed by atoms with van der Waals surface area (Å²) in [6.45, 7) is 2.87. The molecule has 0 fully saturated rings. The van der Waals surface area contributed by atoms with Gasteiger partial charge in [-0.3, -0.25) is 0 Å². The fourth-order valence-electron chi connectivity index (χ4n) is 3.00. The molecule has 0 unspecified atom stereocenters. The maximum absolute atomic E-state index is 9.60. The molecular formula is C23H25N3O2. The lowest BCUT2D eigenvalue weighted by molar-refractivity contribution is 0.285. The molecule has 3 aromatic rings. The number of imidazole rings is 1. The van der Waals surface area contributed by atoms with E-state index in [0.717, 1.165) is 28.8 Å². The number of ether oxygens (including phenoxy) is 2. The SMILES string of the molecule is CCCCCCOc1ccc(/C=C(/C#N)c2nc3ccccc3[nH]2)cc1OC. The molecule has 0 aliphatic heterocycles. The Kier molecular flexibility index (Phi) is 6.69. The van der Waals surface area contributed by atoms with E-state index in [-0.39, 0.29) is 0 Å². The third-order valence-electron chi connectivity index (χ3n) is 4.52. The van der Waals surface area contributed by atoms with Gasteiger partial charge in [-0.15, -0.1) is 0 Å². The molecule has 5 nitrogen and oxygen atoms in total. The molecule has 28 heavy (non-hydrogen) atoms. The van der Waals surface area contributed by atoms with Gasteiger partial charge in [-0.1, -0.05) is 44.4 Å². The summed E-state index contributed by atoms with van der Waals surface area (Å²) >= 11 is 0. The van der Waals surface area contributed by atoms with Gasteiger partial charge in [0.2, 0.25) is 0 Å². The summed E-state index contributed by atoms with van der Waals surface area (Å²) in [4.78, 5) is 7.70. The number of allylic oxidation sites excluding steroid dienone is 1. The van der Waals surface area contributed by atoms with E-state index in [1.807, 2.05) is 42.5 Å². The predicted molar refractivity (Wildman–Crippen MR) is 112 cm³/mol. The molecule has 0 aliphatic carbocycles. The molecule has 3 rings (SSSR count). The molecule has 0 atom stereocenters. The number of benzene rings is 2. The van der Waals surface area contributed by atoms with E-state index in [4.69, 9.17) is 9.47 Å². The lowest BCUT2D eigenvalue weighted by Crippen LogP contribution is -1.99. The molecule has 5 heteroatoms. The Morgan fingerprint density at radius 1 is 1.14 bits per heavy atom. The number of nitriles is 1. The fourth-order valence-corrected chi connectivity index (χ4v) is 3.00. The molecule has 144 valence electrons. The second-order valence-electron chi connectivity index (χ2n) is 6.59. The van der Waals surface area contributed by atoms with E-state index in [2.05, 4.69) is 23.0 Å². The van der Waals surface area contributed by atoms with Crippen LogP contribution in [0.4, 0.5) is 0 Å². The van der Waals surface area contributed by atoms with E-state index < -0.39 is 0 Å². The quantitative estimate of drug-likeness (QED) is 0.391. The highest BCUT2D eigenvalue weighted by molar-refractivity contribution is 5.90. The summed E-state index contributed by atoms with van der Waals surface area (Å²) < 4.78 is 11.3. The van der Waals surface area contributed by atoms with Gasteiger partial charge in [0.1, 0.15) is 11.9 Å². The third kappa shape index (κ3) is 4.72. The average molecular weight is 375 g/mol. The Morgan fingerprint density at radius 3 is 2.75 bits per heavy atom. The highest BCUT2D eigenvalue weighted by Crippen LogP contribution is 2.30. The van der Waals surface area contributed by atoms with Crippen molar-refractivity contribution < 1.29 is 9.47 Å². The predicted octanol–water partition coefficient (Wildman–Crippen LogP) is 5.59. The van der Waals surface area contributed by atoms with Crippen molar-refractivity contribution in [3.8, 4) is 17.6 Å². The second kappa shape index (κ2) is 9.61. The molecule has 1 aromatic heterocycles. The van der Waals surface area contributed by atoms with Gasteiger partial charge in [0.05, 0.1) is 30.3 Å². The number of nitrogens with zero attached hydrogens (tertiary/aromatic N) is 2. The van der Waals surface area contributed by atoms with Crippen molar-refractivity contribution in [2.75, 3.05) is 13.7 Å². The molecule has 0 spiro atoms. The molecule has 1 heterocycles. The van der Waals surface area contributed by atoms with Gasteiger partial charge < -0.3 is 14.5 Å². The van der Waals surface area contributed by atoms with Crippen LogP contribution in [0, 0.1) is 11.3 Å². The van der Waals surface area contributed by atoms with E-state index in [1.165, 1.54) is 19.3 Å². The first-order valence-corrected chi connectivity index (χ1v) is 9.63. The van der Waals surface area contributed by atoms with Gasteiger partial charge in [0.25, 0.3) is 0 Å². The zero-order chi connectivity index (χ0) is 19.8. The number of aromatic amines is 1. The molecule has 2 aromatic carbocycles. The van der Waals surface area contributed by atoms with Crippen LogP contribution in [0.1, 0.15) is 44.0 Å². The van der Waals surface area contributed by atoms with Crippen LogP contribution in [-0.4, -0.2) is 23.7 Å². The molecule has 1 N–H and O–H groups in total. The van der Waals surface area contributed by atoms with E-state index >= 15 is 0 Å². The first-order chi connectivity index (χ1) is 13.7. The molecule has 0 saturated heterocycles. The zero-order valence-electron chi connectivity index (χ0n) is 16.4.